The molecule has 1 saturated heterocycles. The first-order chi connectivity index (χ1) is 15.6. The van der Waals surface area contributed by atoms with Crippen molar-refractivity contribution in [2.24, 2.45) is 0 Å². The predicted molar refractivity (Wildman–Crippen MR) is 128 cm³/mol. The van der Waals surface area contributed by atoms with Gasteiger partial charge in [-0.2, -0.15) is 9.40 Å². The van der Waals surface area contributed by atoms with E-state index in [1.807, 2.05) is 40.0 Å². The Morgan fingerprint density at radius 2 is 1.61 bits per heavy atom. The lowest BCUT2D eigenvalue weighted by atomic mass is 10.1. The van der Waals surface area contributed by atoms with Crippen molar-refractivity contribution >= 4 is 21.7 Å². The molecule has 1 amide bonds. The quantitative estimate of drug-likeness (QED) is 0.623. The Labute approximate surface area is 194 Å². The first kappa shape index (κ1) is 23.2. The maximum Gasteiger partial charge on any atom is 0.256 e. The number of aryl methyl sites for hydroxylation is 3. The molecular weight excluding hydrogens is 438 g/mol. The molecule has 2 aromatic carbocycles. The molecule has 0 aliphatic carbocycles. The van der Waals surface area contributed by atoms with Crippen molar-refractivity contribution in [1.82, 2.24) is 19.0 Å². The smallest absolute Gasteiger partial charge is 0.256 e. The van der Waals surface area contributed by atoms with E-state index in [0.29, 0.717) is 32.0 Å². The summed E-state index contributed by atoms with van der Waals surface area (Å²) in [6.07, 6.45) is 0. The molecule has 9 heteroatoms. The number of likely N-dealkylation sites (N-methyl/N-ethyl adjacent to an activating group) is 1. The summed E-state index contributed by atoms with van der Waals surface area (Å²) in [5.74, 6) is 0.130. The number of piperazine rings is 1. The third-order valence-electron chi connectivity index (χ3n) is 5.72. The van der Waals surface area contributed by atoms with Gasteiger partial charge in [0.15, 0.2) is 0 Å². The van der Waals surface area contributed by atoms with E-state index >= 15 is 0 Å². The van der Waals surface area contributed by atoms with Gasteiger partial charge in [0.25, 0.3) is 5.91 Å². The summed E-state index contributed by atoms with van der Waals surface area (Å²) >= 11 is 0. The van der Waals surface area contributed by atoms with Crippen molar-refractivity contribution < 1.29 is 13.2 Å². The molecule has 3 aromatic rings. The van der Waals surface area contributed by atoms with Crippen molar-refractivity contribution in [3.63, 3.8) is 0 Å². The monoisotopic (exact) mass is 467 g/mol. The number of carbonyl (C=O) groups is 1. The largest absolute Gasteiger partial charge is 0.306 e. The minimum absolute atomic E-state index is 0.124. The highest BCUT2D eigenvalue weighted by Gasteiger charge is 2.28. The number of hydrogen-bond acceptors (Lipinski definition) is 5. The van der Waals surface area contributed by atoms with Crippen LogP contribution >= 0.6 is 0 Å². The molecule has 0 unspecified atom stereocenters. The van der Waals surface area contributed by atoms with Gasteiger partial charge in [-0.3, -0.25) is 4.79 Å². The molecule has 0 spiro atoms. The summed E-state index contributed by atoms with van der Waals surface area (Å²) in [5.41, 5.74) is 4.07. The number of hydrogen-bond donors (Lipinski definition) is 1. The molecule has 1 aliphatic rings. The normalized spacial score (nSPS) is 15.5. The van der Waals surface area contributed by atoms with Crippen LogP contribution in [-0.4, -0.2) is 66.5 Å². The third kappa shape index (κ3) is 5.00. The summed E-state index contributed by atoms with van der Waals surface area (Å²) in [6, 6.07) is 14.1. The van der Waals surface area contributed by atoms with Crippen LogP contribution in [0.25, 0.3) is 5.69 Å². The van der Waals surface area contributed by atoms with Crippen LogP contribution in [0.2, 0.25) is 0 Å². The summed E-state index contributed by atoms with van der Waals surface area (Å²) in [7, 11) is -1.69. The second kappa shape index (κ2) is 9.09. The summed E-state index contributed by atoms with van der Waals surface area (Å²) in [4.78, 5) is 15.3. The highest BCUT2D eigenvalue weighted by molar-refractivity contribution is 7.89. The van der Waals surface area contributed by atoms with E-state index in [1.165, 1.54) is 16.4 Å². The second-order valence-electron chi connectivity index (χ2n) is 8.62. The molecule has 0 saturated carbocycles. The van der Waals surface area contributed by atoms with E-state index in [4.69, 9.17) is 0 Å². The Morgan fingerprint density at radius 1 is 0.939 bits per heavy atom. The number of aromatic nitrogens is 2. The molecule has 1 N–H and O–H groups in total. The lowest BCUT2D eigenvalue weighted by Gasteiger charge is -2.31. The number of anilines is 1. The van der Waals surface area contributed by atoms with Crippen LogP contribution < -0.4 is 5.32 Å². The Hall–Kier alpha value is -3.01. The molecular formula is C24H29N5O3S. The van der Waals surface area contributed by atoms with Crippen LogP contribution in [0.3, 0.4) is 0 Å². The summed E-state index contributed by atoms with van der Waals surface area (Å²) < 4.78 is 29.4. The van der Waals surface area contributed by atoms with Crippen molar-refractivity contribution in [2.45, 2.75) is 25.7 Å². The Bertz CT molecular complexity index is 1270. The van der Waals surface area contributed by atoms with Gasteiger partial charge >= 0.3 is 0 Å². The van der Waals surface area contributed by atoms with Crippen LogP contribution in [-0.2, 0) is 10.0 Å². The number of nitrogens with zero attached hydrogens (tertiary/aromatic N) is 4. The van der Waals surface area contributed by atoms with Crippen molar-refractivity contribution in [3.05, 3.63) is 70.9 Å². The Balaban J connectivity index is 1.59. The number of amides is 1. The van der Waals surface area contributed by atoms with Gasteiger partial charge in [0.2, 0.25) is 10.0 Å². The number of sulfonamides is 1. The molecule has 174 valence electrons. The van der Waals surface area contributed by atoms with E-state index in [2.05, 4.69) is 21.4 Å². The first-order valence-corrected chi connectivity index (χ1v) is 12.3. The lowest BCUT2D eigenvalue weighted by molar-refractivity contribution is 0.102. The van der Waals surface area contributed by atoms with Gasteiger partial charge in [0.05, 0.1) is 16.3 Å². The van der Waals surface area contributed by atoms with Crippen LogP contribution in [0.1, 0.15) is 27.2 Å². The topological polar surface area (TPSA) is 87.5 Å². The van der Waals surface area contributed by atoms with Crippen LogP contribution in [0, 0.1) is 20.8 Å². The van der Waals surface area contributed by atoms with Gasteiger partial charge < -0.3 is 10.2 Å². The molecule has 1 aromatic heterocycles. The Morgan fingerprint density at radius 3 is 2.27 bits per heavy atom. The number of carbonyl (C=O) groups excluding carboxylic acids is 1. The van der Waals surface area contributed by atoms with Gasteiger partial charge in [-0.1, -0.05) is 12.1 Å². The molecule has 8 nitrogen and oxygen atoms in total. The van der Waals surface area contributed by atoms with E-state index in [1.54, 1.807) is 22.9 Å². The highest BCUT2D eigenvalue weighted by atomic mass is 32.2. The Kier molecular flexibility index (Phi) is 6.38. The van der Waals surface area contributed by atoms with Gasteiger partial charge in [-0.25, -0.2) is 13.1 Å². The van der Waals surface area contributed by atoms with Crippen molar-refractivity contribution in [1.29, 1.82) is 0 Å². The summed E-state index contributed by atoms with van der Waals surface area (Å²) in [6.45, 7) is 8.11. The SMILES string of the molecule is Cc1cc(C)cc(-n2nc(C)cc2NC(=O)c2cccc(S(=O)(=O)N3CCN(C)CC3)c2)c1. The fraction of sp³-hybridized carbons (Fsp3) is 0.333. The molecule has 0 atom stereocenters. The zero-order valence-electron chi connectivity index (χ0n) is 19.4. The van der Waals surface area contributed by atoms with Crippen LogP contribution in [0.5, 0.6) is 0 Å². The molecule has 1 fully saturated rings. The molecule has 1 aliphatic heterocycles. The fourth-order valence-corrected chi connectivity index (χ4v) is 5.49. The minimum Gasteiger partial charge on any atom is -0.306 e. The van der Waals surface area contributed by atoms with Crippen LogP contribution in [0.4, 0.5) is 5.82 Å². The zero-order chi connectivity index (χ0) is 23.8. The molecule has 0 bridgehead atoms. The maximum atomic E-state index is 13.1. The molecule has 33 heavy (non-hydrogen) atoms. The second-order valence-corrected chi connectivity index (χ2v) is 10.6. The standard InChI is InChI=1S/C24H29N5O3S/c1-17-12-18(2)14-21(13-17)29-23(15-19(3)26-29)25-24(30)20-6-5-7-22(16-20)33(31,32)28-10-8-27(4)9-11-28/h5-7,12-16H,8-11H2,1-4H3,(H,25,30). The maximum absolute atomic E-state index is 13.1. The minimum atomic E-state index is -3.66. The average molecular weight is 468 g/mol. The molecule has 0 radical (unpaired) electrons. The van der Waals surface area contributed by atoms with Gasteiger partial charge in [0, 0.05) is 37.8 Å². The average Bonchev–Trinajstić information content (AvgIpc) is 3.13. The van der Waals surface area contributed by atoms with E-state index in [-0.39, 0.29) is 10.5 Å². The van der Waals surface area contributed by atoms with Gasteiger partial charge in [-0.05, 0) is 69.3 Å². The zero-order valence-corrected chi connectivity index (χ0v) is 20.2. The predicted octanol–water partition coefficient (Wildman–Crippen LogP) is 2.99. The van der Waals surface area contributed by atoms with Gasteiger partial charge in [0.1, 0.15) is 5.82 Å². The number of rotatable bonds is 5. The highest BCUT2D eigenvalue weighted by Crippen LogP contribution is 2.22. The summed E-state index contributed by atoms with van der Waals surface area (Å²) in [5, 5.41) is 7.42. The van der Waals surface area contributed by atoms with Crippen molar-refractivity contribution in [3.8, 4) is 5.69 Å². The molecule has 2 heterocycles. The van der Waals surface area contributed by atoms with E-state index < -0.39 is 15.9 Å². The fourth-order valence-electron chi connectivity index (χ4n) is 4.02. The number of nitrogens with one attached hydrogen (secondary N) is 1. The lowest BCUT2D eigenvalue weighted by Crippen LogP contribution is -2.47. The van der Waals surface area contributed by atoms with Gasteiger partial charge in [-0.15, -0.1) is 0 Å². The van der Waals surface area contributed by atoms with Crippen LogP contribution in [0.15, 0.2) is 53.4 Å². The third-order valence-corrected chi connectivity index (χ3v) is 7.62. The van der Waals surface area contributed by atoms with Crippen molar-refractivity contribution in [2.75, 3.05) is 38.5 Å². The van der Waals surface area contributed by atoms with E-state index in [0.717, 1.165) is 22.5 Å². The first-order valence-electron chi connectivity index (χ1n) is 10.9. The molecule has 4 rings (SSSR count). The van der Waals surface area contributed by atoms with E-state index in [9.17, 15) is 13.2 Å². The number of benzene rings is 2.